The van der Waals surface area contributed by atoms with Crippen molar-refractivity contribution >= 4 is 34.3 Å². The van der Waals surface area contributed by atoms with Crippen molar-refractivity contribution < 1.29 is 29.9 Å². The lowest BCUT2D eigenvalue weighted by Gasteiger charge is -2.40. The molecule has 0 amide bonds. The van der Waals surface area contributed by atoms with E-state index >= 15 is 0 Å². The first-order valence-electron chi connectivity index (χ1n) is 10.6. The molecule has 1 aliphatic heterocycles. The van der Waals surface area contributed by atoms with Crippen LogP contribution in [-0.2, 0) is 4.74 Å². The predicted octanol–water partition coefficient (Wildman–Crippen LogP) is 2.15. The average Bonchev–Trinajstić information content (AvgIpc) is 3.18. The van der Waals surface area contributed by atoms with Gasteiger partial charge in [-0.15, -0.1) is 0 Å². The summed E-state index contributed by atoms with van der Waals surface area (Å²) in [6.45, 7) is 0.638. The fraction of sp³-hybridized carbons (Fsp3) is 0.391. The maximum absolute atomic E-state index is 10.6. The molecule has 5 atom stereocenters. The minimum atomic E-state index is -1.48. The third kappa shape index (κ3) is 5.01. The summed E-state index contributed by atoms with van der Waals surface area (Å²) in [6, 6.07) is 13.2. The summed E-state index contributed by atoms with van der Waals surface area (Å²) in [7, 11) is 0. The molecule has 0 saturated carbocycles. The number of aliphatic hydroxyl groups excluding tert-OH is 4. The SMILES string of the molecule is NCCCOc1ccc(Sc2cn([C@@H]3O[C@H](CO)[C@@H](O)[C@H](O)[C@H]3O)c3c(Cl)cccc23)cc1. The largest absolute Gasteiger partial charge is 0.494 e. The number of aromatic nitrogens is 1. The van der Waals surface area contributed by atoms with Gasteiger partial charge in [-0.2, -0.15) is 0 Å². The van der Waals surface area contributed by atoms with Gasteiger partial charge in [-0.1, -0.05) is 35.5 Å². The van der Waals surface area contributed by atoms with Crippen LogP contribution in [-0.4, -0.2) is 69.2 Å². The first kappa shape index (κ1) is 24.3. The minimum absolute atomic E-state index is 0.444. The molecule has 1 aliphatic rings. The Morgan fingerprint density at radius 2 is 1.82 bits per heavy atom. The molecule has 0 aliphatic carbocycles. The Balaban J connectivity index is 1.65. The van der Waals surface area contributed by atoms with E-state index in [9.17, 15) is 20.4 Å². The second-order valence-electron chi connectivity index (χ2n) is 7.82. The van der Waals surface area contributed by atoms with Crippen molar-refractivity contribution in [2.45, 2.75) is 46.9 Å². The van der Waals surface area contributed by atoms with Crippen LogP contribution in [0.4, 0.5) is 0 Å². The van der Waals surface area contributed by atoms with Gasteiger partial charge in [-0.3, -0.25) is 0 Å². The van der Waals surface area contributed by atoms with Crippen LogP contribution >= 0.6 is 23.4 Å². The maximum Gasteiger partial charge on any atom is 0.163 e. The third-order valence-corrected chi connectivity index (χ3v) is 6.93. The van der Waals surface area contributed by atoms with Gasteiger partial charge in [0, 0.05) is 21.4 Å². The van der Waals surface area contributed by atoms with Gasteiger partial charge in [-0.05, 0) is 43.3 Å². The quantitative estimate of drug-likeness (QED) is 0.301. The summed E-state index contributed by atoms with van der Waals surface area (Å²) < 4.78 is 13.1. The van der Waals surface area contributed by atoms with Crippen molar-refractivity contribution in [2.75, 3.05) is 19.8 Å². The molecule has 0 unspecified atom stereocenters. The zero-order chi connectivity index (χ0) is 23.5. The molecule has 33 heavy (non-hydrogen) atoms. The Morgan fingerprint density at radius 1 is 1.06 bits per heavy atom. The second kappa shape index (κ2) is 10.6. The molecule has 6 N–H and O–H groups in total. The molecule has 10 heteroatoms. The van der Waals surface area contributed by atoms with Gasteiger partial charge in [-0.25, -0.2) is 0 Å². The Bertz CT molecular complexity index is 1080. The van der Waals surface area contributed by atoms with Gasteiger partial charge in [0.1, 0.15) is 30.2 Å². The third-order valence-electron chi connectivity index (χ3n) is 5.58. The summed E-state index contributed by atoms with van der Waals surface area (Å²) in [6.07, 6.45) is -3.82. The number of aliphatic hydroxyl groups is 4. The number of ether oxygens (including phenoxy) is 2. The predicted molar refractivity (Wildman–Crippen MR) is 126 cm³/mol. The molecule has 0 spiro atoms. The number of fused-ring (bicyclic) bond motifs is 1. The zero-order valence-electron chi connectivity index (χ0n) is 17.8. The highest BCUT2D eigenvalue weighted by Crippen LogP contribution is 2.41. The molecule has 2 heterocycles. The number of hydrogen-bond acceptors (Lipinski definition) is 8. The first-order valence-corrected chi connectivity index (χ1v) is 11.8. The molecule has 0 bridgehead atoms. The van der Waals surface area contributed by atoms with E-state index in [0.29, 0.717) is 23.7 Å². The average molecular weight is 495 g/mol. The van der Waals surface area contributed by atoms with Gasteiger partial charge in [0.15, 0.2) is 6.23 Å². The van der Waals surface area contributed by atoms with E-state index in [2.05, 4.69) is 0 Å². The zero-order valence-corrected chi connectivity index (χ0v) is 19.3. The van der Waals surface area contributed by atoms with E-state index in [-0.39, 0.29) is 0 Å². The second-order valence-corrected chi connectivity index (χ2v) is 9.34. The topological polar surface area (TPSA) is 130 Å². The van der Waals surface area contributed by atoms with Gasteiger partial charge in [0.2, 0.25) is 0 Å². The molecule has 8 nitrogen and oxygen atoms in total. The Labute approximate surface area is 200 Å². The van der Waals surface area contributed by atoms with E-state index in [1.165, 1.54) is 11.8 Å². The van der Waals surface area contributed by atoms with Gasteiger partial charge >= 0.3 is 0 Å². The van der Waals surface area contributed by atoms with Gasteiger partial charge < -0.3 is 40.2 Å². The standard InChI is InChI=1S/C23H27ClN2O6S/c24-16-4-1-3-15-18(33-14-7-5-13(6-8-14)31-10-2-9-25)11-26(19(15)16)23-22(30)21(29)20(28)17(12-27)32-23/h1,3-8,11,17,20-23,27-30H,2,9-10,12,25H2/t17-,20-,21+,22-,23-/m1/s1. The summed E-state index contributed by atoms with van der Waals surface area (Å²) in [5, 5.41) is 41.9. The van der Waals surface area contributed by atoms with Crippen molar-refractivity contribution in [3.63, 3.8) is 0 Å². The lowest BCUT2D eigenvalue weighted by molar-refractivity contribution is -0.250. The monoisotopic (exact) mass is 494 g/mol. The Morgan fingerprint density at radius 3 is 2.52 bits per heavy atom. The van der Waals surface area contributed by atoms with Crippen molar-refractivity contribution in [1.82, 2.24) is 4.57 Å². The highest BCUT2D eigenvalue weighted by molar-refractivity contribution is 7.99. The minimum Gasteiger partial charge on any atom is -0.494 e. The lowest BCUT2D eigenvalue weighted by Crippen LogP contribution is -2.56. The number of benzene rings is 2. The fourth-order valence-corrected chi connectivity index (χ4v) is 5.07. The van der Waals surface area contributed by atoms with Crippen LogP contribution in [0, 0.1) is 0 Å². The highest BCUT2D eigenvalue weighted by atomic mass is 35.5. The van der Waals surface area contributed by atoms with Crippen molar-refractivity contribution in [3.05, 3.63) is 53.7 Å². The molecule has 0 radical (unpaired) electrons. The van der Waals surface area contributed by atoms with Crippen molar-refractivity contribution in [3.8, 4) is 5.75 Å². The van der Waals surface area contributed by atoms with E-state index in [1.54, 1.807) is 16.8 Å². The van der Waals surface area contributed by atoms with Crippen LogP contribution in [0.5, 0.6) is 5.75 Å². The number of nitrogens with zero attached hydrogens (tertiary/aromatic N) is 1. The van der Waals surface area contributed by atoms with Crippen LogP contribution in [0.15, 0.2) is 58.5 Å². The number of nitrogens with two attached hydrogens (primary N) is 1. The van der Waals surface area contributed by atoms with E-state index < -0.39 is 37.3 Å². The van der Waals surface area contributed by atoms with Crippen LogP contribution < -0.4 is 10.5 Å². The van der Waals surface area contributed by atoms with Crippen LogP contribution in [0.25, 0.3) is 10.9 Å². The summed E-state index contributed by atoms with van der Waals surface area (Å²) >= 11 is 8.01. The smallest absolute Gasteiger partial charge is 0.163 e. The molecule has 4 rings (SSSR count). The highest BCUT2D eigenvalue weighted by Gasteiger charge is 2.44. The summed E-state index contributed by atoms with van der Waals surface area (Å²) in [4.78, 5) is 1.83. The van der Waals surface area contributed by atoms with Gasteiger partial charge in [0.25, 0.3) is 0 Å². The summed E-state index contributed by atoms with van der Waals surface area (Å²) in [5.41, 5.74) is 6.11. The molecular weight excluding hydrogens is 468 g/mol. The molecular formula is C23H27ClN2O6S. The normalized spacial score (nSPS) is 25.5. The number of halogens is 1. The van der Waals surface area contributed by atoms with Crippen LogP contribution in [0.3, 0.4) is 0 Å². The summed E-state index contributed by atoms with van der Waals surface area (Å²) in [5.74, 6) is 0.764. The van der Waals surface area contributed by atoms with Crippen LogP contribution in [0.2, 0.25) is 5.02 Å². The first-order chi connectivity index (χ1) is 15.9. The number of para-hydroxylation sites is 1. The molecule has 1 saturated heterocycles. The molecule has 1 aromatic heterocycles. The number of rotatable bonds is 8. The lowest BCUT2D eigenvalue weighted by atomic mass is 9.98. The van der Waals surface area contributed by atoms with Crippen LogP contribution in [0.1, 0.15) is 12.6 Å². The molecule has 1 fully saturated rings. The van der Waals surface area contributed by atoms with Gasteiger partial charge in [0.05, 0.1) is 23.8 Å². The van der Waals surface area contributed by atoms with Crippen molar-refractivity contribution in [2.24, 2.45) is 5.73 Å². The molecule has 178 valence electrons. The maximum atomic E-state index is 10.6. The van der Waals surface area contributed by atoms with E-state index in [0.717, 1.165) is 27.3 Å². The van der Waals surface area contributed by atoms with E-state index in [4.69, 9.17) is 26.8 Å². The van der Waals surface area contributed by atoms with E-state index in [1.807, 2.05) is 36.4 Å². The molecule has 3 aromatic rings. The fourth-order valence-electron chi connectivity index (χ4n) is 3.84. The number of hydrogen-bond donors (Lipinski definition) is 5. The molecule has 2 aromatic carbocycles. The van der Waals surface area contributed by atoms with Crippen molar-refractivity contribution in [1.29, 1.82) is 0 Å². The Hall–Kier alpha value is -1.82. The Kier molecular flexibility index (Phi) is 7.83.